The van der Waals surface area contributed by atoms with Gasteiger partial charge in [-0.1, -0.05) is 0 Å². The molecule has 8 heteroatoms. The highest BCUT2D eigenvalue weighted by molar-refractivity contribution is 5.74. The fraction of sp³-hybridized carbons (Fsp3) is 0.765. The zero-order valence-corrected chi connectivity index (χ0v) is 13.4. The molecule has 0 radical (unpaired) electrons. The van der Waals surface area contributed by atoms with Gasteiger partial charge in [0.25, 0.3) is 12.9 Å². The van der Waals surface area contributed by atoms with Crippen molar-refractivity contribution in [2.24, 2.45) is 47.3 Å². The molecular weight excluding hydrogens is 332 g/mol. The van der Waals surface area contributed by atoms with Gasteiger partial charge in [0.15, 0.2) is 0 Å². The Hall–Kier alpha value is -2.12. The number of carbonyl (C=O) groups is 4. The predicted molar refractivity (Wildman–Crippen MR) is 78.9 cm³/mol. The van der Waals surface area contributed by atoms with Crippen molar-refractivity contribution >= 4 is 24.9 Å². The van der Waals surface area contributed by atoms with Gasteiger partial charge in [-0.3, -0.25) is 19.2 Å². The molecule has 0 aliphatic heterocycles. The molecule has 4 saturated carbocycles. The van der Waals surface area contributed by atoms with Crippen LogP contribution in [0.3, 0.4) is 0 Å². The third kappa shape index (κ3) is 2.12. The maximum Gasteiger partial charge on any atom is 0.307 e. The van der Waals surface area contributed by atoms with Crippen molar-refractivity contribution in [1.29, 1.82) is 0 Å². The Morgan fingerprint density at radius 2 is 1.40 bits per heavy atom. The van der Waals surface area contributed by atoms with Crippen LogP contribution < -0.4 is 0 Å². The minimum absolute atomic E-state index is 0.00573. The second-order valence-electron chi connectivity index (χ2n) is 7.80. The molecule has 4 fully saturated rings. The zero-order valence-electron chi connectivity index (χ0n) is 13.4. The molecule has 25 heavy (non-hydrogen) atoms. The number of ether oxygens (including phenoxy) is 2. The van der Waals surface area contributed by atoms with E-state index < -0.39 is 30.1 Å². The van der Waals surface area contributed by atoms with Gasteiger partial charge in [0.2, 0.25) is 0 Å². The molecule has 0 amide bonds. The number of hydrogen-bond acceptors (Lipinski definition) is 6. The van der Waals surface area contributed by atoms with E-state index in [0.717, 1.165) is 6.42 Å². The minimum atomic E-state index is -0.980. The highest BCUT2D eigenvalue weighted by atomic mass is 16.6. The molecule has 0 heterocycles. The molecule has 2 N–H and O–H groups in total. The van der Waals surface area contributed by atoms with Gasteiger partial charge in [-0.05, 0) is 42.4 Å². The Bertz CT molecular complexity index is 618. The highest BCUT2D eigenvalue weighted by Crippen LogP contribution is 2.71. The first kappa shape index (κ1) is 16.4. The molecule has 0 spiro atoms. The number of carbonyl (C=O) groups excluding carboxylic acids is 2. The molecule has 8 nitrogen and oxygen atoms in total. The summed E-state index contributed by atoms with van der Waals surface area (Å²) in [5.74, 6) is -2.83. The van der Waals surface area contributed by atoms with Gasteiger partial charge in [-0.2, -0.15) is 0 Å². The van der Waals surface area contributed by atoms with E-state index in [0.29, 0.717) is 19.4 Å². The normalized spacial score (nSPS) is 48.8. The predicted octanol–water partition coefficient (Wildman–Crippen LogP) is 0.393. The quantitative estimate of drug-likeness (QED) is 0.498. The van der Waals surface area contributed by atoms with Gasteiger partial charge in [0.1, 0.15) is 12.2 Å². The average Bonchev–Trinajstić information content (AvgIpc) is 3.24. The number of carboxylic acids is 2. The lowest BCUT2D eigenvalue weighted by atomic mass is 9.61. The van der Waals surface area contributed by atoms with Gasteiger partial charge >= 0.3 is 11.9 Å². The van der Waals surface area contributed by atoms with Gasteiger partial charge in [0.05, 0.1) is 5.92 Å². The second-order valence-corrected chi connectivity index (χ2v) is 7.80. The lowest BCUT2D eigenvalue weighted by molar-refractivity contribution is -0.168. The summed E-state index contributed by atoms with van der Waals surface area (Å²) in [7, 11) is 0. The van der Waals surface area contributed by atoms with Crippen LogP contribution in [0.4, 0.5) is 0 Å². The third-order valence-corrected chi connectivity index (χ3v) is 7.27. The van der Waals surface area contributed by atoms with Crippen molar-refractivity contribution in [3.8, 4) is 0 Å². The molecule has 4 rings (SSSR count). The molecule has 0 aromatic rings. The van der Waals surface area contributed by atoms with Crippen LogP contribution in [0.15, 0.2) is 0 Å². The van der Waals surface area contributed by atoms with Crippen molar-refractivity contribution in [3.05, 3.63) is 0 Å². The summed E-state index contributed by atoms with van der Waals surface area (Å²) in [5.41, 5.74) is 0. The van der Waals surface area contributed by atoms with E-state index >= 15 is 0 Å². The fourth-order valence-electron chi connectivity index (χ4n) is 6.99. The van der Waals surface area contributed by atoms with Crippen LogP contribution in [0.5, 0.6) is 0 Å². The topological polar surface area (TPSA) is 127 Å². The van der Waals surface area contributed by atoms with Crippen LogP contribution >= 0.6 is 0 Å². The number of rotatable bonds is 7. The second kappa shape index (κ2) is 5.71. The third-order valence-electron chi connectivity index (χ3n) is 7.27. The summed E-state index contributed by atoms with van der Waals surface area (Å²) in [6, 6.07) is 0. The smallest absolute Gasteiger partial charge is 0.307 e. The van der Waals surface area contributed by atoms with Crippen LogP contribution in [0.25, 0.3) is 0 Å². The Morgan fingerprint density at radius 1 is 0.880 bits per heavy atom. The summed E-state index contributed by atoms with van der Waals surface area (Å²) < 4.78 is 10.4. The van der Waals surface area contributed by atoms with Crippen molar-refractivity contribution in [2.75, 3.05) is 0 Å². The van der Waals surface area contributed by atoms with E-state index in [2.05, 4.69) is 0 Å². The lowest BCUT2D eigenvalue weighted by Gasteiger charge is -2.45. The molecule has 10 unspecified atom stereocenters. The Balaban J connectivity index is 1.66. The maximum absolute atomic E-state index is 11.8. The molecule has 10 atom stereocenters. The molecule has 0 saturated heterocycles. The summed E-state index contributed by atoms with van der Waals surface area (Å²) in [5, 5.41) is 18.9. The van der Waals surface area contributed by atoms with E-state index in [1.165, 1.54) is 0 Å². The molecule has 4 aliphatic rings. The summed E-state index contributed by atoms with van der Waals surface area (Å²) in [6.07, 6.45) is 0.235. The molecule has 4 aliphatic carbocycles. The minimum Gasteiger partial charge on any atom is -0.481 e. The first-order valence-corrected chi connectivity index (χ1v) is 8.62. The van der Waals surface area contributed by atoms with Crippen LogP contribution in [0.1, 0.15) is 19.3 Å². The van der Waals surface area contributed by atoms with Crippen LogP contribution in [0, 0.1) is 47.3 Å². The molecule has 4 bridgehead atoms. The summed E-state index contributed by atoms with van der Waals surface area (Å²) >= 11 is 0. The molecule has 0 aromatic heterocycles. The Morgan fingerprint density at radius 3 is 1.88 bits per heavy atom. The number of fused-ring (bicyclic) bond motifs is 9. The average molecular weight is 352 g/mol. The molecule has 0 aromatic carbocycles. The first-order chi connectivity index (χ1) is 12.0. The van der Waals surface area contributed by atoms with E-state index in [1.54, 1.807) is 0 Å². The van der Waals surface area contributed by atoms with Crippen LogP contribution in [-0.2, 0) is 28.7 Å². The van der Waals surface area contributed by atoms with Gasteiger partial charge in [-0.25, -0.2) is 0 Å². The van der Waals surface area contributed by atoms with Gasteiger partial charge < -0.3 is 19.7 Å². The van der Waals surface area contributed by atoms with E-state index in [4.69, 9.17) is 9.47 Å². The van der Waals surface area contributed by atoms with E-state index in [1.807, 2.05) is 0 Å². The van der Waals surface area contributed by atoms with Gasteiger partial charge in [0, 0.05) is 18.3 Å². The largest absolute Gasteiger partial charge is 0.481 e. The van der Waals surface area contributed by atoms with Crippen molar-refractivity contribution in [3.63, 3.8) is 0 Å². The van der Waals surface area contributed by atoms with Crippen molar-refractivity contribution < 1.29 is 38.9 Å². The number of hydrogen-bond donors (Lipinski definition) is 2. The Labute approximate surface area is 143 Å². The Kier molecular flexibility index (Phi) is 3.73. The highest BCUT2D eigenvalue weighted by Gasteiger charge is 2.72. The van der Waals surface area contributed by atoms with Crippen molar-refractivity contribution in [2.45, 2.75) is 31.5 Å². The fourth-order valence-corrected chi connectivity index (χ4v) is 6.99. The van der Waals surface area contributed by atoms with E-state index in [-0.39, 0.29) is 47.8 Å². The van der Waals surface area contributed by atoms with E-state index in [9.17, 15) is 29.4 Å². The number of carboxylic acid groups (broad SMARTS) is 2. The SMILES string of the molecule is O=COC1C2CC(C1OC=O)C1C3CC(C(CC(=O)O)C3C(=O)O)C21. The zero-order chi connectivity index (χ0) is 17.9. The first-order valence-electron chi connectivity index (χ1n) is 8.62. The van der Waals surface area contributed by atoms with Gasteiger partial charge in [-0.15, -0.1) is 0 Å². The van der Waals surface area contributed by atoms with Crippen molar-refractivity contribution in [1.82, 2.24) is 0 Å². The monoisotopic (exact) mass is 352 g/mol. The maximum atomic E-state index is 11.8. The summed E-state index contributed by atoms with van der Waals surface area (Å²) in [6.45, 7) is 0.722. The lowest BCUT2D eigenvalue weighted by Crippen LogP contribution is -2.50. The molecular formula is C17H20O8. The summed E-state index contributed by atoms with van der Waals surface area (Å²) in [4.78, 5) is 44.8. The standard InChI is InChI=1S/C17H20O8/c18-4-24-15-9-2-10(16(15)25-5-19)13-8-1-6(12(9)13)7(3-11(20)21)14(8)17(22)23/h4-10,12-16H,1-3H2,(H,20,21)(H,22,23). The van der Waals surface area contributed by atoms with Crippen LogP contribution in [0.2, 0.25) is 0 Å². The van der Waals surface area contributed by atoms with Crippen LogP contribution in [-0.4, -0.2) is 47.3 Å². The molecule has 136 valence electrons. The number of aliphatic carboxylic acids is 2.